The van der Waals surface area contributed by atoms with Crippen molar-refractivity contribution in [2.24, 2.45) is 5.92 Å². The van der Waals surface area contributed by atoms with Gasteiger partial charge in [0.25, 0.3) is 0 Å². The molecule has 0 aliphatic carbocycles. The molecule has 1 saturated heterocycles. The lowest BCUT2D eigenvalue weighted by molar-refractivity contribution is 0.0536. The fourth-order valence-corrected chi connectivity index (χ4v) is 2.59. The standard InChI is InChI=1S/C12H17BrN2O2/c1-8(2)15-11(10(13)7-14-15)12(16)9-3-5-17-6-4-9/h7-9H,3-6H2,1-2H3. The summed E-state index contributed by atoms with van der Waals surface area (Å²) in [7, 11) is 0. The molecule has 1 aliphatic rings. The Morgan fingerprint density at radius 3 is 2.76 bits per heavy atom. The normalized spacial score (nSPS) is 17.6. The molecule has 0 spiro atoms. The SMILES string of the molecule is CC(C)n1ncc(Br)c1C(=O)C1CCOCC1. The van der Waals surface area contributed by atoms with E-state index >= 15 is 0 Å². The van der Waals surface area contributed by atoms with Gasteiger partial charge in [-0.05, 0) is 42.6 Å². The minimum atomic E-state index is 0.0780. The molecule has 4 nitrogen and oxygen atoms in total. The summed E-state index contributed by atoms with van der Waals surface area (Å²) in [5.41, 5.74) is 0.701. The quantitative estimate of drug-likeness (QED) is 0.806. The van der Waals surface area contributed by atoms with Crippen LogP contribution in [0, 0.1) is 5.92 Å². The van der Waals surface area contributed by atoms with Gasteiger partial charge in [-0.3, -0.25) is 9.48 Å². The first kappa shape index (κ1) is 12.8. The summed E-state index contributed by atoms with van der Waals surface area (Å²) >= 11 is 3.42. The van der Waals surface area contributed by atoms with Gasteiger partial charge in [-0.2, -0.15) is 5.10 Å². The lowest BCUT2D eigenvalue weighted by atomic mass is 9.93. The van der Waals surface area contributed by atoms with Gasteiger partial charge in [0, 0.05) is 25.2 Å². The first-order valence-electron chi connectivity index (χ1n) is 5.96. The fraction of sp³-hybridized carbons (Fsp3) is 0.667. The Morgan fingerprint density at radius 2 is 2.18 bits per heavy atom. The van der Waals surface area contributed by atoms with Crippen LogP contribution in [0.15, 0.2) is 10.7 Å². The zero-order valence-electron chi connectivity index (χ0n) is 10.1. The molecular formula is C12H17BrN2O2. The second kappa shape index (κ2) is 5.31. The highest BCUT2D eigenvalue weighted by Crippen LogP contribution is 2.26. The van der Waals surface area contributed by atoms with Gasteiger partial charge < -0.3 is 4.74 Å². The molecule has 0 atom stereocenters. The van der Waals surface area contributed by atoms with Crippen LogP contribution in [0.25, 0.3) is 0 Å². The molecule has 0 aromatic carbocycles. The van der Waals surface area contributed by atoms with Crippen LogP contribution in [0.3, 0.4) is 0 Å². The second-order valence-corrected chi connectivity index (χ2v) is 5.48. The van der Waals surface area contributed by atoms with E-state index in [4.69, 9.17) is 4.74 Å². The Balaban J connectivity index is 2.26. The van der Waals surface area contributed by atoms with E-state index in [0.717, 1.165) is 17.3 Å². The molecule has 5 heteroatoms. The van der Waals surface area contributed by atoms with Gasteiger partial charge in [-0.25, -0.2) is 0 Å². The molecule has 0 unspecified atom stereocenters. The van der Waals surface area contributed by atoms with Crippen molar-refractivity contribution in [2.75, 3.05) is 13.2 Å². The molecule has 1 aliphatic heterocycles. The maximum Gasteiger partial charge on any atom is 0.185 e. The maximum atomic E-state index is 12.5. The highest BCUT2D eigenvalue weighted by molar-refractivity contribution is 9.10. The first-order chi connectivity index (χ1) is 8.11. The van der Waals surface area contributed by atoms with E-state index in [2.05, 4.69) is 21.0 Å². The summed E-state index contributed by atoms with van der Waals surface area (Å²) < 4.78 is 7.88. The molecule has 17 heavy (non-hydrogen) atoms. The van der Waals surface area contributed by atoms with Crippen LogP contribution in [0.5, 0.6) is 0 Å². The van der Waals surface area contributed by atoms with Crippen molar-refractivity contribution in [3.8, 4) is 0 Å². The smallest absolute Gasteiger partial charge is 0.185 e. The van der Waals surface area contributed by atoms with Crippen molar-refractivity contribution in [1.29, 1.82) is 0 Å². The van der Waals surface area contributed by atoms with Gasteiger partial charge >= 0.3 is 0 Å². The average Bonchev–Trinajstić information content (AvgIpc) is 2.71. The third-order valence-corrected chi connectivity index (χ3v) is 3.65. The lowest BCUT2D eigenvalue weighted by Crippen LogP contribution is -2.26. The number of Topliss-reactive ketones (excluding diaryl/α,β-unsaturated/α-hetero) is 1. The molecule has 1 aromatic rings. The van der Waals surface area contributed by atoms with E-state index in [0.29, 0.717) is 18.9 Å². The van der Waals surface area contributed by atoms with Gasteiger partial charge in [0.05, 0.1) is 10.7 Å². The molecular weight excluding hydrogens is 284 g/mol. The highest BCUT2D eigenvalue weighted by atomic mass is 79.9. The Kier molecular flexibility index (Phi) is 3.99. The van der Waals surface area contributed by atoms with E-state index < -0.39 is 0 Å². The summed E-state index contributed by atoms with van der Waals surface area (Å²) in [5.74, 6) is 0.264. The van der Waals surface area contributed by atoms with Crippen molar-refractivity contribution in [3.63, 3.8) is 0 Å². The molecule has 0 radical (unpaired) electrons. The van der Waals surface area contributed by atoms with Crippen LogP contribution >= 0.6 is 15.9 Å². The zero-order chi connectivity index (χ0) is 12.4. The molecule has 0 amide bonds. The van der Waals surface area contributed by atoms with E-state index in [1.54, 1.807) is 10.9 Å². The van der Waals surface area contributed by atoms with Crippen LogP contribution in [0.4, 0.5) is 0 Å². The van der Waals surface area contributed by atoms with Crippen molar-refractivity contribution in [2.45, 2.75) is 32.7 Å². The summed E-state index contributed by atoms with van der Waals surface area (Å²) in [5, 5.41) is 4.25. The number of aromatic nitrogens is 2. The lowest BCUT2D eigenvalue weighted by Gasteiger charge is -2.22. The van der Waals surface area contributed by atoms with Gasteiger partial charge in [0.2, 0.25) is 0 Å². The van der Waals surface area contributed by atoms with Gasteiger partial charge in [-0.15, -0.1) is 0 Å². The van der Waals surface area contributed by atoms with E-state index in [1.807, 2.05) is 13.8 Å². The highest BCUT2D eigenvalue weighted by Gasteiger charge is 2.28. The van der Waals surface area contributed by atoms with Crippen molar-refractivity contribution < 1.29 is 9.53 Å². The van der Waals surface area contributed by atoms with E-state index in [-0.39, 0.29) is 17.7 Å². The molecule has 2 heterocycles. The fourth-order valence-electron chi connectivity index (χ4n) is 2.12. The molecule has 0 saturated carbocycles. The van der Waals surface area contributed by atoms with Gasteiger partial charge in [-0.1, -0.05) is 0 Å². The van der Waals surface area contributed by atoms with Crippen molar-refractivity contribution in [1.82, 2.24) is 9.78 Å². The third kappa shape index (κ3) is 2.60. The topological polar surface area (TPSA) is 44.1 Å². The number of halogens is 1. The average molecular weight is 301 g/mol. The minimum Gasteiger partial charge on any atom is -0.381 e. The number of rotatable bonds is 3. The Bertz CT molecular complexity index is 409. The second-order valence-electron chi connectivity index (χ2n) is 4.63. The van der Waals surface area contributed by atoms with Crippen LogP contribution in [0.1, 0.15) is 43.2 Å². The van der Waals surface area contributed by atoms with E-state index in [9.17, 15) is 4.79 Å². The largest absolute Gasteiger partial charge is 0.381 e. The Morgan fingerprint density at radius 1 is 1.53 bits per heavy atom. The summed E-state index contributed by atoms with van der Waals surface area (Å²) in [6.07, 6.45) is 3.33. The van der Waals surface area contributed by atoms with Crippen LogP contribution < -0.4 is 0 Å². The predicted molar refractivity (Wildman–Crippen MR) is 68.2 cm³/mol. The molecule has 1 aromatic heterocycles. The number of hydrogen-bond donors (Lipinski definition) is 0. The first-order valence-corrected chi connectivity index (χ1v) is 6.75. The summed E-state index contributed by atoms with van der Waals surface area (Å²) in [6.45, 7) is 5.42. The summed E-state index contributed by atoms with van der Waals surface area (Å²) in [6, 6.07) is 0.195. The zero-order valence-corrected chi connectivity index (χ0v) is 11.7. The number of hydrogen-bond acceptors (Lipinski definition) is 3. The predicted octanol–water partition coefficient (Wildman–Crippen LogP) is 2.84. The number of nitrogens with zero attached hydrogens (tertiary/aromatic N) is 2. The van der Waals surface area contributed by atoms with Crippen LogP contribution in [-0.4, -0.2) is 28.8 Å². The Labute approximate surface area is 109 Å². The molecule has 1 fully saturated rings. The maximum absolute atomic E-state index is 12.5. The third-order valence-electron chi connectivity index (χ3n) is 3.07. The number of ether oxygens (including phenoxy) is 1. The van der Waals surface area contributed by atoms with Crippen molar-refractivity contribution in [3.05, 3.63) is 16.4 Å². The summed E-state index contributed by atoms with van der Waals surface area (Å²) in [4.78, 5) is 12.5. The van der Waals surface area contributed by atoms with Crippen LogP contribution in [-0.2, 0) is 4.74 Å². The monoisotopic (exact) mass is 300 g/mol. The molecule has 0 bridgehead atoms. The molecule has 0 N–H and O–H groups in total. The number of carbonyl (C=O) groups excluding carboxylic acids is 1. The van der Waals surface area contributed by atoms with Crippen molar-refractivity contribution >= 4 is 21.7 Å². The Hall–Kier alpha value is -0.680. The molecule has 2 rings (SSSR count). The number of carbonyl (C=O) groups is 1. The van der Waals surface area contributed by atoms with Gasteiger partial charge in [0.1, 0.15) is 5.69 Å². The van der Waals surface area contributed by atoms with E-state index in [1.165, 1.54) is 0 Å². The van der Waals surface area contributed by atoms with Gasteiger partial charge in [0.15, 0.2) is 5.78 Å². The number of ketones is 1. The minimum absolute atomic E-state index is 0.0780. The van der Waals surface area contributed by atoms with Crippen LogP contribution in [0.2, 0.25) is 0 Å². The molecule has 94 valence electrons.